The maximum Gasteiger partial charge on any atom is 0.411 e. The Labute approximate surface area is 115 Å². The van der Waals surface area contributed by atoms with Crippen molar-refractivity contribution in [2.75, 3.05) is 6.54 Å². The summed E-state index contributed by atoms with van der Waals surface area (Å²) in [6, 6.07) is -1.06. The van der Waals surface area contributed by atoms with E-state index in [9.17, 15) is 14.4 Å². The Morgan fingerprint density at radius 1 is 1.55 bits per heavy atom. The molecule has 2 unspecified atom stereocenters. The lowest BCUT2D eigenvalue weighted by molar-refractivity contribution is -0.152. The van der Waals surface area contributed by atoms with Gasteiger partial charge in [0.2, 0.25) is 0 Å². The highest BCUT2D eigenvalue weighted by Crippen LogP contribution is 2.14. The molecule has 1 aliphatic heterocycles. The van der Waals surface area contributed by atoms with Crippen LogP contribution in [0.1, 0.15) is 26.2 Å². The van der Waals surface area contributed by atoms with Gasteiger partial charge in [0.15, 0.2) is 0 Å². The zero-order valence-corrected chi connectivity index (χ0v) is 11.1. The number of esters is 1. The SMILES string of the molecule is CC1=CC(OC(=O)NC(CCCCN)C(=O)O)OC1=O. The first kappa shape index (κ1) is 16.0. The van der Waals surface area contributed by atoms with Gasteiger partial charge >= 0.3 is 18.0 Å². The molecule has 0 saturated heterocycles. The Kier molecular flexibility index (Phi) is 5.98. The largest absolute Gasteiger partial charge is 0.480 e. The van der Waals surface area contributed by atoms with E-state index in [-0.39, 0.29) is 6.42 Å². The first-order valence-electron chi connectivity index (χ1n) is 6.23. The quantitative estimate of drug-likeness (QED) is 0.448. The van der Waals surface area contributed by atoms with Gasteiger partial charge in [-0.3, -0.25) is 0 Å². The highest BCUT2D eigenvalue weighted by molar-refractivity contribution is 5.90. The number of alkyl carbamates (subject to hydrolysis) is 1. The summed E-state index contributed by atoms with van der Waals surface area (Å²) in [5.41, 5.74) is 5.65. The molecule has 0 aromatic carbocycles. The second kappa shape index (κ2) is 7.49. The topological polar surface area (TPSA) is 128 Å². The van der Waals surface area contributed by atoms with Crippen molar-refractivity contribution in [3.05, 3.63) is 11.6 Å². The fraction of sp³-hybridized carbons (Fsp3) is 0.583. The Morgan fingerprint density at radius 2 is 2.25 bits per heavy atom. The summed E-state index contributed by atoms with van der Waals surface area (Å²) in [5, 5.41) is 11.2. The summed E-state index contributed by atoms with van der Waals surface area (Å²) in [4.78, 5) is 33.6. The number of hydrogen-bond acceptors (Lipinski definition) is 6. The molecule has 0 spiro atoms. The highest BCUT2D eigenvalue weighted by Gasteiger charge is 2.27. The third kappa shape index (κ3) is 4.88. The second-order valence-corrected chi connectivity index (χ2v) is 4.35. The van der Waals surface area contributed by atoms with Crippen LogP contribution in [0.2, 0.25) is 0 Å². The van der Waals surface area contributed by atoms with E-state index in [1.807, 2.05) is 0 Å². The Morgan fingerprint density at radius 3 is 2.75 bits per heavy atom. The number of aliphatic carboxylic acids is 1. The van der Waals surface area contributed by atoms with E-state index in [0.29, 0.717) is 25.0 Å². The van der Waals surface area contributed by atoms with Crippen LogP contribution in [0.5, 0.6) is 0 Å². The van der Waals surface area contributed by atoms with E-state index < -0.39 is 30.4 Å². The Balaban J connectivity index is 2.42. The molecule has 1 rings (SSSR count). The molecule has 8 heteroatoms. The van der Waals surface area contributed by atoms with Gasteiger partial charge in [-0.2, -0.15) is 0 Å². The van der Waals surface area contributed by atoms with E-state index in [1.54, 1.807) is 0 Å². The molecule has 0 fully saturated rings. The normalized spacial score (nSPS) is 19.0. The third-order valence-electron chi connectivity index (χ3n) is 2.69. The van der Waals surface area contributed by atoms with Gasteiger partial charge in [0.05, 0.1) is 0 Å². The van der Waals surface area contributed by atoms with E-state index in [4.69, 9.17) is 20.3 Å². The van der Waals surface area contributed by atoms with Crippen LogP contribution in [0.15, 0.2) is 11.6 Å². The molecular formula is C12H18N2O6. The van der Waals surface area contributed by atoms with E-state index in [1.165, 1.54) is 13.0 Å². The molecule has 8 nitrogen and oxygen atoms in total. The van der Waals surface area contributed by atoms with Gasteiger partial charge in [-0.15, -0.1) is 0 Å². The molecule has 0 radical (unpaired) electrons. The fourth-order valence-electron chi connectivity index (χ4n) is 1.59. The Hall–Kier alpha value is -2.09. The summed E-state index contributed by atoms with van der Waals surface area (Å²) >= 11 is 0. The summed E-state index contributed by atoms with van der Waals surface area (Å²) in [7, 11) is 0. The van der Waals surface area contributed by atoms with Crippen LogP contribution in [-0.2, 0) is 19.1 Å². The monoisotopic (exact) mass is 286 g/mol. The van der Waals surface area contributed by atoms with Gasteiger partial charge in [-0.25, -0.2) is 14.4 Å². The Bertz CT molecular complexity index is 420. The lowest BCUT2D eigenvalue weighted by Gasteiger charge is -2.16. The molecule has 1 amide bonds. The number of rotatable bonds is 7. The minimum Gasteiger partial charge on any atom is -0.480 e. The van der Waals surface area contributed by atoms with Crippen LogP contribution in [-0.4, -0.2) is 42.0 Å². The molecule has 0 aliphatic carbocycles. The molecule has 0 bridgehead atoms. The molecular weight excluding hydrogens is 268 g/mol. The molecule has 112 valence electrons. The summed E-state index contributed by atoms with van der Waals surface area (Å²) in [6.07, 6.45) is 0.774. The van der Waals surface area contributed by atoms with Crippen molar-refractivity contribution in [3.8, 4) is 0 Å². The molecule has 0 saturated carbocycles. The fourth-order valence-corrected chi connectivity index (χ4v) is 1.59. The predicted molar refractivity (Wildman–Crippen MR) is 67.6 cm³/mol. The van der Waals surface area contributed by atoms with Gasteiger partial charge in [-0.1, -0.05) is 0 Å². The number of nitrogens with one attached hydrogen (secondary N) is 1. The molecule has 0 aromatic rings. The minimum atomic E-state index is -1.16. The second-order valence-electron chi connectivity index (χ2n) is 4.35. The molecule has 4 N–H and O–H groups in total. The molecule has 2 atom stereocenters. The van der Waals surface area contributed by atoms with Crippen molar-refractivity contribution < 1.29 is 29.0 Å². The smallest absolute Gasteiger partial charge is 0.411 e. The minimum absolute atomic E-state index is 0.251. The van der Waals surface area contributed by atoms with E-state index >= 15 is 0 Å². The van der Waals surface area contributed by atoms with Gasteiger partial charge < -0.3 is 25.6 Å². The van der Waals surface area contributed by atoms with Crippen LogP contribution < -0.4 is 11.1 Å². The van der Waals surface area contributed by atoms with Gasteiger partial charge in [-0.05, 0) is 32.7 Å². The predicted octanol–water partition coefficient (Wildman–Crippen LogP) is 0.124. The third-order valence-corrected chi connectivity index (χ3v) is 2.69. The number of carboxylic acids is 1. The number of carboxylic acid groups (broad SMARTS) is 1. The summed E-state index contributed by atoms with van der Waals surface area (Å²) in [5.74, 6) is -1.73. The summed E-state index contributed by atoms with van der Waals surface area (Å²) in [6.45, 7) is 1.98. The number of ether oxygens (including phenoxy) is 2. The number of carbonyl (C=O) groups is 3. The van der Waals surface area contributed by atoms with Gasteiger partial charge in [0.1, 0.15) is 6.04 Å². The molecule has 20 heavy (non-hydrogen) atoms. The van der Waals surface area contributed by atoms with E-state index in [2.05, 4.69) is 5.32 Å². The number of hydrogen-bond donors (Lipinski definition) is 3. The van der Waals surface area contributed by atoms with Crippen LogP contribution in [0.4, 0.5) is 4.79 Å². The van der Waals surface area contributed by atoms with Crippen molar-refractivity contribution in [1.82, 2.24) is 5.32 Å². The molecule has 1 aliphatic rings. The van der Waals surface area contributed by atoms with Gasteiger partial charge in [0, 0.05) is 11.6 Å². The van der Waals surface area contributed by atoms with Crippen molar-refractivity contribution in [2.24, 2.45) is 5.73 Å². The average Bonchev–Trinajstić information content (AvgIpc) is 2.66. The van der Waals surface area contributed by atoms with Crippen molar-refractivity contribution in [2.45, 2.75) is 38.5 Å². The first-order valence-corrected chi connectivity index (χ1v) is 6.23. The molecule has 1 heterocycles. The van der Waals surface area contributed by atoms with Crippen LogP contribution >= 0.6 is 0 Å². The first-order chi connectivity index (χ1) is 9.43. The van der Waals surface area contributed by atoms with Crippen molar-refractivity contribution >= 4 is 18.0 Å². The maximum absolute atomic E-state index is 11.5. The number of unbranched alkanes of at least 4 members (excludes halogenated alkanes) is 1. The lowest BCUT2D eigenvalue weighted by Crippen LogP contribution is -2.42. The number of nitrogens with two attached hydrogens (primary N) is 1. The standard InChI is InChI=1S/C12H18N2O6/c1-7-6-9(19-11(7)17)20-12(18)14-8(10(15)16)4-2-3-5-13/h6,8-9H,2-5,13H2,1H3,(H,14,18)(H,15,16). The van der Waals surface area contributed by atoms with Crippen molar-refractivity contribution in [1.29, 1.82) is 0 Å². The number of cyclic esters (lactones) is 1. The average molecular weight is 286 g/mol. The maximum atomic E-state index is 11.5. The number of carbonyl (C=O) groups excluding carboxylic acids is 2. The van der Waals surface area contributed by atoms with Crippen LogP contribution in [0.3, 0.4) is 0 Å². The zero-order chi connectivity index (χ0) is 15.1. The van der Waals surface area contributed by atoms with Crippen LogP contribution in [0, 0.1) is 0 Å². The van der Waals surface area contributed by atoms with E-state index in [0.717, 1.165) is 0 Å². The van der Waals surface area contributed by atoms with Crippen molar-refractivity contribution in [3.63, 3.8) is 0 Å². The highest BCUT2D eigenvalue weighted by atomic mass is 16.7. The molecule has 0 aromatic heterocycles. The van der Waals surface area contributed by atoms with Crippen LogP contribution in [0.25, 0.3) is 0 Å². The van der Waals surface area contributed by atoms with Gasteiger partial charge in [0.25, 0.3) is 6.29 Å². The summed E-state index contributed by atoms with van der Waals surface area (Å²) < 4.78 is 9.49. The lowest BCUT2D eigenvalue weighted by atomic mass is 10.1. The number of amides is 1. The zero-order valence-electron chi connectivity index (χ0n) is 11.1.